The summed E-state index contributed by atoms with van der Waals surface area (Å²) in [6.45, 7) is 3.20. The highest BCUT2D eigenvalue weighted by atomic mass is 35.5. The Bertz CT molecular complexity index is 656. The fourth-order valence-electron chi connectivity index (χ4n) is 3.21. The highest BCUT2D eigenvalue weighted by molar-refractivity contribution is 5.95. The van der Waals surface area contributed by atoms with Gasteiger partial charge in [0.15, 0.2) is 0 Å². The zero-order valence-corrected chi connectivity index (χ0v) is 15.0. The summed E-state index contributed by atoms with van der Waals surface area (Å²) in [5.41, 5.74) is 7.98. The van der Waals surface area contributed by atoms with Crippen molar-refractivity contribution in [2.24, 2.45) is 11.7 Å². The number of hydrogen-bond donors (Lipinski definition) is 2. The molecule has 2 atom stereocenters. The summed E-state index contributed by atoms with van der Waals surface area (Å²) in [6.07, 6.45) is 5.89. The molecule has 1 aliphatic rings. The largest absolute Gasteiger partial charge is 0.347 e. The molecule has 1 heterocycles. The number of nitrogens with one attached hydrogen (secondary N) is 1. The third-order valence-corrected chi connectivity index (χ3v) is 4.35. The first-order valence-corrected chi connectivity index (χ1v) is 7.82. The van der Waals surface area contributed by atoms with E-state index < -0.39 is 0 Å². The van der Waals surface area contributed by atoms with E-state index >= 15 is 0 Å². The van der Waals surface area contributed by atoms with Crippen LogP contribution in [-0.4, -0.2) is 16.5 Å². The number of carbonyl (C=O) groups excluding carboxylic acids is 1. The molecule has 1 aromatic carbocycles. The summed E-state index contributed by atoms with van der Waals surface area (Å²) >= 11 is 0. The van der Waals surface area contributed by atoms with E-state index in [1.165, 1.54) is 10.9 Å². The lowest BCUT2D eigenvalue weighted by atomic mass is 10.1. The van der Waals surface area contributed by atoms with Gasteiger partial charge in [-0.25, -0.2) is 0 Å². The third-order valence-electron chi connectivity index (χ3n) is 4.35. The van der Waals surface area contributed by atoms with Crippen LogP contribution >= 0.6 is 24.8 Å². The lowest BCUT2D eigenvalue weighted by Crippen LogP contribution is -2.23. The first kappa shape index (κ1) is 19.8. The average Bonchev–Trinajstić information content (AvgIpc) is 3.06. The number of anilines is 1. The van der Waals surface area contributed by atoms with E-state index in [1.807, 2.05) is 12.1 Å². The fraction of sp³-hybridized carbons (Fsp3) is 0.471. The molecule has 4 nitrogen and oxygen atoms in total. The summed E-state index contributed by atoms with van der Waals surface area (Å²) in [5, 5.41) is 4.20. The van der Waals surface area contributed by atoms with Gasteiger partial charge in [-0.05, 0) is 49.9 Å². The summed E-state index contributed by atoms with van der Waals surface area (Å²) in [7, 11) is 0. The van der Waals surface area contributed by atoms with E-state index in [2.05, 4.69) is 35.1 Å². The smallest absolute Gasteiger partial charge is 0.227 e. The molecular formula is C17H25Cl2N3O. The summed E-state index contributed by atoms with van der Waals surface area (Å²) in [4.78, 5) is 12.2. The van der Waals surface area contributed by atoms with Crippen molar-refractivity contribution >= 4 is 47.3 Å². The molecule has 0 radical (unpaired) electrons. The molecule has 1 aromatic heterocycles. The van der Waals surface area contributed by atoms with Gasteiger partial charge in [0, 0.05) is 41.3 Å². The normalized spacial score (nSPS) is 19.9. The van der Waals surface area contributed by atoms with Crippen molar-refractivity contribution in [1.29, 1.82) is 0 Å². The van der Waals surface area contributed by atoms with Crippen molar-refractivity contribution in [3.8, 4) is 0 Å². The zero-order valence-electron chi connectivity index (χ0n) is 13.3. The Labute approximate surface area is 149 Å². The van der Waals surface area contributed by atoms with Crippen LogP contribution in [0.2, 0.25) is 0 Å². The predicted octanol–water partition coefficient (Wildman–Crippen LogP) is 3.96. The Morgan fingerprint density at radius 2 is 2.09 bits per heavy atom. The monoisotopic (exact) mass is 357 g/mol. The Balaban J connectivity index is 0.00000132. The second kappa shape index (κ2) is 8.57. The van der Waals surface area contributed by atoms with Gasteiger partial charge in [0.25, 0.3) is 0 Å². The number of nitrogens with zero attached hydrogens (tertiary/aromatic N) is 1. The first-order chi connectivity index (χ1) is 10.2. The fourth-order valence-corrected chi connectivity index (χ4v) is 3.21. The highest BCUT2D eigenvalue weighted by Crippen LogP contribution is 2.26. The number of nitrogens with two attached hydrogens (primary N) is 1. The number of rotatable bonds is 4. The molecule has 6 heteroatoms. The predicted molar refractivity (Wildman–Crippen MR) is 101 cm³/mol. The first-order valence-electron chi connectivity index (χ1n) is 7.82. The molecule has 23 heavy (non-hydrogen) atoms. The SMILES string of the molecule is CCCn1ccc2cc(NC(=O)C3CCC(N)C3)ccc21.Cl.Cl. The van der Waals surface area contributed by atoms with Gasteiger partial charge in [-0.15, -0.1) is 24.8 Å². The minimum atomic E-state index is 0. The molecule has 1 saturated carbocycles. The molecule has 1 amide bonds. The third kappa shape index (κ3) is 4.40. The average molecular weight is 358 g/mol. The van der Waals surface area contributed by atoms with Crippen LogP contribution in [0.5, 0.6) is 0 Å². The van der Waals surface area contributed by atoms with Gasteiger partial charge < -0.3 is 15.6 Å². The topological polar surface area (TPSA) is 60.0 Å². The van der Waals surface area contributed by atoms with E-state index in [1.54, 1.807) is 0 Å². The highest BCUT2D eigenvalue weighted by Gasteiger charge is 2.27. The number of aryl methyl sites for hydroxylation is 1. The molecule has 128 valence electrons. The van der Waals surface area contributed by atoms with E-state index in [0.717, 1.165) is 37.9 Å². The molecule has 3 N–H and O–H groups in total. The number of hydrogen-bond acceptors (Lipinski definition) is 2. The van der Waals surface area contributed by atoms with Gasteiger partial charge in [-0.1, -0.05) is 6.92 Å². The molecular weight excluding hydrogens is 333 g/mol. The van der Waals surface area contributed by atoms with Gasteiger partial charge in [0.2, 0.25) is 5.91 Å². The van der Waals surface area contributed by atoms with Gasteiger partial charge in [0.05, 0.1) is 0 Å². The van der Waals surface area contributed by atoms with Crippen molar-refractivity contribution in [2.75, 3.05) is 5.32 Å². The van der Waals surface area contributed by atoms with E-state index in [4.69, 9.17) is 5.73 Å². The molecule has 0 bridgehead atoms. The van der Waals surface area contributed by atoms with Crippen LogP contribution in [0.3, 0.4) is 0 Å². The summed E-state index contributed by atoms with van der Waals surface area (Å²) < 4.78 is 2.25. The summed E-state index contributed by atoms with van der Waals surface area (Å²) in [6, 6.07) is 8.41. The van der Waals surface area contributed by atoms with Crippen molar-refractivity contribution in [3.63, 3.8) is 0 Å². The van der Waals surface area contributed by atoms with Crippen LogP contribution in [0.15, 0.2) is 30.5 Å². The van der Waals surface area contributed by atoms with Gasteiger partial charge >= 0.3 is 0 Å². The van der Waals surface area contributed by atoms with Gasteiger partial charge in [0.1, 0.15) is 0 Å². The molecule has 0 spiro atoms. The van der Waals surface area contributed by atoms with E-state index in [0.29, 0.717) is 0 Å². The number of benzene rings is 1. The van der Waals surface area contributed by atoms with Crippen molar-refractivity contribution in [3.05, 3.63) is 30.5 Å². The second-order valence-corrected chi connectivity index (χ2v) is 6.04. The Kier molecular flexibility index (Phi) is 7.39. The molecule has 2 aromatic rings. The Morgan fingerprint density at radius 3 is 2.74 bits per heavy atom. The molecule has 1 aliphatic carbocycles. The molecule has 0 saturated heterocycles. The maximum atomic E-state index is 12.2. The number of carbonyl (C=O) groups is 1. The van der Waals surface area contributed by atoms with Crippen LogP contribution in [0.4, 0.5) is 5.69 Å². The van der Waals surface area contributed by atoms with Crippen LogP contribution in [0, 0.1) is 5.92 Å². The second-order valence-electron chi connectivity index (χ2n) is 6.04. The van der Waals surface area contributed by atoms with Crippen LogP contribution in [0.25, 0.3) is 10.9 Å². The zero-order chi connectivity index (χ0) is 14.8. The molecule has 1 fully saturated rings. The number of amides is 1. The minimum absolute atomic E-state index is 0. The maximum absolute atomic E-state index is 12.2. The molecule has 2 unspecified atom stereocenters. The van der Waals surface area contributed by atoms with Gasteiger partial charge in [-0.3, -0.25) is 4.79 Å². The van der Waals surface area contributed by atoms with E-state index in [9.17, 15) is 4.79 Å². The lowest BCUT2D eigenvalue weighted by Gasteiger charge is -2.11. The molecule has 0 aliphatic heterocycles. The summed E-state index contributed by atoms with van der Waals surface area (Å²) in [5.74, 6) is 0.177. The van der Waals surface area contributed by atoms with Crippen LogP contribution < -0.4 is 11.1 Å². The van der Waals surface area contributed by atoms with Crippen molar-refractivity contribution in [2.45, 2.75) is 45.2 Å². The van der Waals surface area contributed by atoms with Crippen molar-refractivity contribution in [1.82, 2.24) is 4.57 Å². The minimum Gasteiger partial charge on any atom is -0.347 e. The number of fused-ring (bicyclic) bond motifs is 1. The lowest BCUT2D eigenvalue weighted by molar-refractivity contribution is -0.119. The maximum Gasteiger partial charge on any atom is 0.227 e. The Morgan fingerprint density at radius 1 is 1.30 bits per heavy atom. The van der Waals surface area contributed by atoms with Crippen LogP contribution in [-0.2, 0) is 11.3 Å². The van der Waals surface area contributed by atoms with Crippen molar-refractivity contribution < 1.29 is 4.79 Å². The standard InChI is InChI=1S/C17H23N3O.2ClH/c1-2-8-20-9-7-12-11-15(5-6-16(12)20)19-17(21)13-3-4-14(18)10-13;;/h5-7,9,11,13-14H,2-4,8,10,18H2,1H3,(H,19,21);2*1H. The van der Waals surface area contributed by atoms with E-state index in [-0.39, 0.29) is 42.7 Å². The number of aromatic nitrogens is 1. The van der Waals surface area contributed by atoms with Gasteiger partial charge in [-0.2, -0.15) is 0 Å². The number of halogens is 2. The van der Waals surface area contributed by atoms with Crippen LogP contribution in [0.1, 0.15) is 32.6 Å². The quantitative estimate of drug-likeness (QED) is 0.869. The Hall–Kier alpha value is -1.23. The molecule has 3 rings (SSSR count).